The Labute approximate surface area is 164 Å². The van der Waals surface area contributed by atoms with Crippen LogP contribution in [0.15, 0.2) is 35.5 Å². The zero-order valence-corrected chi connectivity index (χ0v) is 15.0. The first-order valence-electron chi connectivity index (χ1n) is 8.06. The van der Waals surface area contributed by atoms with Gasteiger partial charge in [0.15, 0.2) is 6.19 Å². The van der Waals surface area contributed by atoms with Gasteiger partial charge in [-0.15, -0.1) is 0 Å². The number of hydrogen-bond donors (Lipinski definition) is 4. The van der Waals surface area contributed by atoms with E-state index in [1.54, 1.807) is 12.3 Å². The fraction of sp³-hybridized carbons (Fsp3) is 0.0556. The molecule has 1 aliphatic heterocycles. The van der Waals surface area contributed by atoms with Crippen LogP contribution in [0.5, 0.6) is 0 Å². The first-order valence-corrected chi connectivity index (χ1v) is 8.44. The molecule has 0 spiro atoms. The minimum atomic E-state index is -0.632. The molecule has 9 nitrogen and oxygen atoms in total. The van der Waals surface area contributed by atoms with E-state index in [0.717, 1.165) is 16.5 Å². The van der Waals surface area contributed by atoms with E-state index in [2.05, 4.69) is 25.6 Å². The number of rotatable bonds is 1. The second kappa shape index (κ2) is 6.58. The average Bonchev–Trinajstić information content (AvgIpc) is 2.68. The summed E-state index contributed by atoms with van der Waals surface area (Å²) in [5, 5.41) is 25.0. The minimum Gasteiger partial charge on any atom is -0.397 e. The molecule has 28 heavy (non-hydrogen) atoms. The predicted octanol–water partition coefficient (Wildman–Crippen LogP) is 2.26. The van der Waals surface area contributed by atoms with Crippen molar-refractivity contribution < 1.29 is 0 Å². The number of guanidine groups is 1. The highest BCUT2D eigenvalue weighted by Crippen LogP contribution is 2.41. The van der Waals surface area contributed by atoms with Crippen LogP contribution in [0.4, 0.5) is 17.3 Å². The van der Waals surface area contributed by atoms with Gasteiger partial charge >= 0.3 is 0 Å². The van der Waals surface area contributed by atoms with Gasteiger partial charge in [-0.3, -0.25) is 10.3 Å². The number of benzene rings is 1. The van der Waals surface area contributed by atoms with Crippen LogP contribution in [0.25, 0.3) is 10.9 Å². The SMILES string of the molecule is N#CNC1=NC(c2ccc3nccc(Cl)c3c2)c2c(nc(N)c(C#N)c2N)N1. The van der Waals surface area contributed by atoms with E-state index in [-0.39, 0.29) is 23.0 Å². The predicted molar refractivity (Wildman–Crippen MR) is 106 cm³/mol. The summed E-state index contributed by atoms with van der Waals surface area (Å²) < 4.78 is 0. The monoisotopic (exact) mass is 389 g/mol. The van der Waals surface area contributed by atoms with Crippen molar-refractivity contribution >= 4 is 45.8 Å². The number of aliphatic imine (C=N–C) groups is 1. The van der Waals surface area contributed by atoms with Gasteiger partial charge in [0.1, 0.15) is 29.3 Å². The number of fused-ring (bicyclic) bond motifs is 2. The topological polar surface area (TPSA) is 162 Å². The summed E-state index contributed by atoms with van der Waals surface area (Å²) >= 11 is 6.31. The van der Waals surface area contributed by atoms with E-state index in [4.69, 9.17) is 28.3 Å². The Hall–Kier alpha value is -4.08. The highest BCUT2D eigenvalue weighted by atomic mass is 35.5. The maximum absolute atomic E-state index is 9.38. The normalized spacial score (nSPS) is 15.0. The van der Waals surface area contributed by atoms with Crippen molar-refractivity contribution in [2.24, 2.45) is 4.99 Å². The lowest BCUT2D eigenvalue weighted by Gasteiger charge is -2.26. The van der Waals surface area contributed by atoms with Crippen LogP contribution in [0.3, 0.4) is 0 Å². The Kier molecular flexibility index (Phi) is 4.07. The quantitative estimate of drug-likeness (QED) is 0.363. The lowest BCUT2D eigenvalue weighted by atomic mass is 9.94. The zero-order chi connectivity index (χ0) is 19.8. The highest BCUT2D eigenvalue weighted by Gasteiger charge is 2.29. The summed E-state index contributed by atoms with van der Waals surface area (Å²) in [4.78, 5) is 13.0. The maximum atomic E-state index is 9.38. The lowest BCUT2D eigenvalue weighted by molar-refractivity contribution is 0.848. The van der Waals surface area contributed by atoms with Crippen molar-refractivity contribution in [1.29, 1.82) is 10.5 Å². The number of hydrogen-bond acceptors (Lipinski definition) is 9. The fourth-order valence-corrected chi connectivity index (χ4v) is 3.33. The van der Waals surface area contributed by atoms with Gasteiger partial charge in [0.2, 0.25) is 5.96 Å². The van der Waals surface area contributed by atoms with Crippen LogP contribution >= 0.6 is 11.6 Å². The van der Waals surface area contributed by atoms with Gasteiger partial charge < -0.3 is 16.8 Å². The van der Waals surface area contributed by atoms with E-state index in [9.17, 15) is 5.26 Å². The number of anilines is 3. The molecule has 10 heteroatoms. The number of nitrogens with two attached hydrogens (primary N) is 2. The molecule has 1 unspecified atom stereocenters. The molecule has 3 aromatic rings. The molecule has 0 fully saturated rings. The Morgan fingerprint density at radius 3 is 2.79 bits per heavy atom. The minimum absolute atomic E-state index is 0.00559. The molecule has 6 N–H and O–H groups in total. The van der Waals surface area contributed by atoms with Gasteiger partial charge in [0.25, 0.3) is 0 Å². The van der Waals surface area contributed by atoms with Crippen molar-refractivity contribution in [2.45, 2.75) is 6.04 Å². The first-order chi connectivity index (χ1) is 13.5. The van der Waals surface area contributed by atoms with Crippen LogP contribution in [-0.4, -0.2) is 15.9 Å². The summed E-state index contributed by atoms with van der Waals surface area (Å²) in [6.07, 6.45) is 3.44. The van der Waals surface area contributed by atoms with Gasteiger partial charge in [-0.25, -0.2) is 9.98 Å². The molecular formula is C18H12ClN9. The van der Waals surface area contributed by atoms with Gasteiger partial charge in [-0.2, -0.15) is 10.5 Å². The third-order valence-electron chi connectivity index (χ3n) is 4.39. The van der Waals surface area contributed by atoms with Gasteiger partial charge in [-0.05, 0) is 23.8 Å². The molecular weight excluding hydrogens is 378 g/mol. The lowest BCUT2D eigenvalue weighted by Crippen LogP contribution is -2.32. The third kappa shape index (κ3) is 2.67. The van der Waals surface area contributed by atoms with Crippen molar-refractivity contribution in [1.82, 2.24) is 15.3 Å². The Morgan fingerprint density at radius 1 is 1.21 bits per heavy atom. The average molecular weight is 390 g/mol. The first kappa shape index (κ1) is 17.3. The number of halogens is 1. The zero-order valence-electron chi connectivity index (χ0n) is 14.2. The van der Waals surface area contributed by atoms with Gasteiger partial charge in [0, 0.05) is 17.1 Å². The third-order valence-corrected chi connectivity index (χ3v) is 4.72. The summed E-state index contributed by atoms with van der Waals surface area (Å²) in [6, 6.07) is 8.53. The van der Waals surface area contributed by atoms with E-state index in [1.165, 1.54) is 0 Å². The molecule has 0 bridgehead atoms. The van der Waals surface area contributed by atoms with Crippen LogP contribution in [-0.2, 0) is 0 Å². The van der Waals surface area contributed by atoms with Gasteiger partial charge in [0.05, 0.1) is 16.2 Å². The summed E-state index contributed by atoms with van der Waals surface area (Å²) in [5.74, 6) is 0.506. The van der Waals surface area contributed by atoms with Gasteiger partial charge in [-0.1, -0.05) is 17.7 Å². The van der Waals surface area contributed by atoms with E-state index < -0.39 is 6.04 Å². The standard InChI is InChI=1S/C18H12ClN9/c19-11-3-4-24-12-2-1-8(5-9(11)12)15-13-14(22)10(6-20)16(23)27-17(13)28-18(26-15)25-7-21/h1-5,15H,(H6,22,23,25,26,27,28). The van der Waals surface area contributed by atoms with E-state index >= 15 is 0 Å². The van der Waals surface area contributed by atoms with Crippen molar-refractivity contribution in [2.75, 3.05) is 16.8 Å². The summed E-state index contributed by atoms with van der Waals surface area (Å²) in [7, 11) is 0. The molecule has 0 aliphatic carbocycles. The number of aromatic nitrogens is 2. The number of nitrogens with zero attached hydrogens (tertiary/aromatic N) is 5. The van der Waals surface area contributed by atoms with Crippen molar-refractivity contribution in [3.05, 3.63) is 52.2 Å². The van der Waals surface area contributed by atoms with Crippen LogP contribution in [0, 0.1) is 22.8 Å². The molecule has 0 saturated heterocycles. The second-order valence-electron chi connectivity index (χ2n) is 5.97. The molecule has 1 aromatic carbocycles. The van der Waals surface area contributed by atoms with Crippen LogP contribution in [0.1, 0.15) is 22.7 Å². The largest absolute Gasteiger partial charge is 0.397 e. The van der Waals surface area contributed by atoms with E-state index in [0.29, 0.717) is 16.4 Å². The number of pyridine rings is 2. The molecule has 3 heterocycles. The molecule has 0 radical (unpaired) electrons. The maximum Gasteiger partial charge on any atom is 0.211 e. The Morgan fingerprint density at radius 2 is 2.04 bits per heavy atom. The number of nitrogens with one attached hydrogen (secondary N) is 2. The van der Waals surface area contributed by atoms with Crippen LogP contribution < -0.4 is 22.1 Å². The van der Waals surface area contributed by atoms with E-state index in [1.807, 2.05) is 30.5 Å². The number of nitriles is 2. The molecule has 4 rings (SSSR count). The molecule has 0 saturated carbocycles. The molecule has 0 amide bonds. The number of nitrogen functional groups attached to an aromatic ring is 2. The second-order valence-corrected chi connectivity index (χ2v) is 6.38. The summed E-state index contributed by atoms with van der Waals surface area (Å²) in [6.45, 7) is 0. The highest BCUT2D eigenvalue weighted by molar-refractivity contribution is 6.35. The summed E-state index contributed by atoms with van der Waals surface area (Å²) in [5.41, 5.74) is 14.3. The Balaban J connectivity index is 1.97. The van der Waals surface area contributed by atoms with Crippen LogP contribution in [0.2, 0.25) is 5.02 Å². The Bertz CT molecular complexity index is 1240. The smallest absolute Gasteiger partial charge is 0.211 e. The van der Waals surface area contributed by atoms with Crippen molar-refractivity contribution in [3.63, 3.8) is 0 Å². The molecule has 1 atom stereocenters. The fourth-order valence-electron chi connectivity index (χ4n) is 3.12. The molecule has 1 aliphatic rings. The molecule has 136 valence electrons. The van der Waals surface area contributed by atoms with Crippen molar-refractivity contribution in [3.8, 4) is 12.3 Å². The molecule has 2 aromatic heterocycles.